The lowest BCUT2D eigenvalue weighted by Crippen LogP contribution is -2.01. The van der Waals surface area contributed by atoms with Crippen LogP contribution in [-0.2, 0) is 11.3 Å². The van der Waals surface area contributed by atoms with E-state index in [2.05, 4.69) is 25.9 Å². The average Bonchev–Trinajstić information content (AvgIpc) is 2.43. The van der Waals surface area contributed by atoms with Crippen molar-refractivity contribution in [1.82, 2.24) is 9.97 Å². The molecular formula is C13H12BrClN2O2. The summed E-state index contributed by atoms with van der Waals surface area (Å²) in [6.07, 6.45) is 0. The van der Waals surface area contributed by atoms with Gasteiger partial charge in [-0.1, -0.05) is 23.7 Å². The number of methoxy groups -OCH3 is 2. The van der Waals surface area contributed by atoms with Gasteiger partial charge in [-0.05, 0) is 28.1 Å². The van der Waals surface area contributed by atoms with Crippen molar-refractivity contribution >= 4 is 27.5 Å². The summed E-state index contributed by atoms with van der Waals surface area (Å²) in [5, 5.41) is 0.350. The van der Waals surface area contributed by atoms with Gasteiger partial charge < -0.3 is 9.47 Å². The van der Waals surface area contributed by atoms with Crippen molar-refractivity contribution in [3.05, 3.63) is 39.6 Å². The van der Waals surface area contributed by atoms with Crippen LogP contribution in [0.3, 0.4) is 0 Å². The Morgan fingerprint density at radius 1 is 1.21 bits per heavy atom. The molecule has 0 N–H and O–H groups in total. The van der Waals surface area contributed by atoms with Gasteiger partial charge in [0, 0.05) is 7.11 Å². The second-order valence-electron chi connectivity index (χ2n) is 3.73. The van der Waals surface area contributed by atoms with E-state index in [9.17, 15) is 0 Å². The Bertz CT molecular complexity index is 593. The predicted octanol–water partition coefficient (Wildman–Crippen LogP) is 3.71. The van der Waals surface area contributed by atoms with Crippen molar-refractivity contribution in [3.8, 4) is 17.1 Å². The minimum atomic E-state index is 0.350. The van der Waals surface area contributed by atoms with E-state index in [4.69, 9.17) is 21.1 Å². The molecule has 0 aliphatic heterocycles. The molecule has 0 atom stereocenters. The summed E-state index contributed by atoms with van der Waals surface area (Å²) in [6, 6.07) is 7.52. The van der Waals surface area contributed by atoms with E-state index in [1.807, 2.05) is 24.3 Å². The zero-order valence-corrected chi connectivity index (χ0v) is 12.8. The van der Waals surface area contributed by atoms with Crippen LogP contribution in [0.5, 0.6) is 5.75 Å². The first-order chi connectivity index (χ1) is 9.17. The van der Waals surface area contributed by atoms with Gasteiger partial charge in [-0.3, -0.25) is 0 Å². The van der Waals surface area contributed by atoms with Crippen LogP contribution in [0.4, 0.5) is 0 Å². The Balaban J connectivity index is 2.56. The number of benzene rings is 1. The summed E-state index contributed by atoms with van der Waals surface area (Å²) in [4.78, 5) is 8.72. The van der Waals surface area contributed by atoms with Gasteiger partial charge in [0.15, 0.2) is 5.82 Å². The molecule has 1 aromatic heterocycles. The molecule has 0 amide bonds. The van der Waals surface area contributed by atoms with Crippen LogP contribution < -0.4 is 4.74 Å². The molecule has 0 fully saturated rings. The van der Waals surface area contributed by atoms with Gasteiger partial charge in [-0.2, -0.15) is 0 Å². The van der Waals surface area contributed by atoms with Gasteiger partial charge in [0.05, 0.1) is 29.4 Å². The summed E-state index contributed by atoms with van der Waals surface area (Å²) < 4.78 is 11.1. The Labute approximate surface area is 124 Å². The van der Waals surface area contributed by atoms with Crippen molar-refractivity contribution in [1.29, 1.82) is 0 Å². The van der Waals surface area contributed by atoms with Crippen LogP contribution in [0.2, 0.25) is 5.15 Å². The first-order valence-electron chi connectivity index (χ1n) is 5.51. The number of halogens is 2. The number of hydrogen-bond donors (Lipinski definition) is 0. The molecule has 4 nitrogen and oxygen atoms in total. The molecular weight excluding hydrogens is 332 g/mol. The molecule has 0 aliphatic carbocycles. The van der Waals surface area contributed by atoms with Crippen LogP contribution in [0.25, 0.3) is 11.4 Å². The minimum Gasteiger partial charge on any atom is -0.496 e. The van der Waals surface area contributed by atoms with Crippen LogP contribution >= 0.6 is 27.5 Å². The maximum atomic E-state index is 6.11. The fourth-order valence-electron chi connectivity index (χ4n) is 1.65. The number of ether oxygens (including phenoxy) is 2. The second kappa shape index (κ2) is 6.32. The average molecular weight is 344 g/mol. The molecule has 0 aliphatic rings. The summed E-state index contributed by atoms with van der Waals surface area (Å²) in [5.74, 6) is 1.21. The Morgan fingerprint density at radius 2 is 1.95 bits per heavy atom. The number of nitrogens with zero attached hydrogens (tertiary/aromatic N) is 2. The lowest BCUT2D eigenvalue weighted by atomic mass is 10.2. The van der Waals surface area contributed by atoms with E-state index in [-0.39, 0.29) is 0 Å². The third-order valence-corrected chi connectivity index (χ3v) is 3.84. The zero-order valence-electron chi connectivity index (χ0n) is 10.5. The van der Waals surface area contributed by atoms with Gasteiger partial charge in [0.1, 0.15) is 10.9 Å². The van der Waals surface area contributed by atoms with Crippen molar-refractivity contribution in [2.24, 2.45) is 0 Å². The van der Waals surface area contributed by atoms with Crippen LogP contribution in [0, 0.1) is 0 Å². The van der Waals surface area contributed by atoms with E-state index >= 15 is 0 Å². The van der Waals surface area contributed by atoms with Crippen LogP contribution in [-0.4, -0.2) is 24.2 Å². The van der Waals surface area contributed by atoms with E-state index in [1.54, 1.807) is 14.2 Å². The summed E-state index contributed by atoms with van der Waals surface area (Å²) in [7, 11) is 3.21. The fourth-order valence-corrected chi connectivity index (χ4v) is 2.13. The monoisotopic (exact) mass is 342 g/mol. The highest BCUT2D eigenvalue weighted by atomic mass is 79.9. The Hall–Kier alpha value is -1.17. The Kier molecular flexibility index (Phi) is 4.74. The van der Waals surface area contributed by atoms with Crippen molar-refractivity contribution in [2.45, 2.75) is 6.61 Å². The highest BCUT2D eigenvalue weighted by Crippen LogP contribution is 2.31. The van der Waals surface area contributed by atoms with Crippen molar-refractivity contribution in [3.63, 3.8) is 0 Å². The molecule has 6 heteroatoms. The first kappa shape index (κ1) is 14.2. The van der Waals surface area contributed by atoms with Crippen LogP contribution in [0.1, 0.15) is 5.69 Å². The lowest BCUT2D eigenvalue weighted by molar-refractivity contribution is 0.181. The van der Waals surface area contributed by atoms with Gasteiger partial charge >= 0.3 is 0 Å². The largest absolute Gasteiger partial charge is 0.496 e. The number of para-hydroxylation sites is 1. The molecule has 1 aromatic carbocycles. The second-order valence-corrected chi connectivity index (χ2v) is 4.88. The molecule has 0 saturated heterocycles. The maximum absolute atomic E-state index is 6.11. The fraction of sp³-hybridized carbons (Fsp3) is 0.231. The molecule has 2 rings (SSSR count). The van der Waals surface area contributed by atoms with Gasteiger partial charge in [-0.15, -0.1) is 0 Å². The van der Waals surface area contributed by atoms with Gasteiger partial charge in [-0.25, -0.2) is 9.97 Å². The van der Waals surface area contributed by atoms with Gasteiger partial charge in [0.25, 0.3) is 0 Å². The topological polar surface area (TPSA) is 44.2 Å². The molecule has 1 heterocycles. The van der Waals surface area contributed by atoms with E-state index in [1.165, 1.54) is 0 Å². The van der Waals surface area contributed by atoms with E-state index in [0.717, 1.165) is 5.56 Å². The number of aromatic nitrogens is 2. The molecule has 0 bridgehead atoms. The third-order valence-electron chi connectivity index (χ3n) is 2.51. The molecule has 2 aromatic rings. The molecule has 19 heavy (non-hydrogen) atoms. The predicted molar refractivity (Wildman–Crippen MR) is 77.4 cm³/mol. The Morgan fingerprint density at radius 3 is 2.63 bits per heavy atom. The highest BCUT2D eigenvalue weighted by Gasteiger charge is 2.14. The zero-order chi connectivity index (χ0) is 13.8. The number of rotatable bonds is 4. The van der Waals surface area contributed by atoms with Crippen molar-refractivity contribution < 1.29 is 9.47 Å². The third kappa shape index (κ3) is 3.05. The molecule has 0 radical (unpaired) electrons. The highest BCUT2D eigenvalue weighted by molar-refractivity contribution is 9.10. The number of hydrogen-bond acceptors (Lipinski definition) is 4. The van der Waals surface area contributed by atoms with Gasteiger partial charge in [0.2, 0.25) is 0 Å². The SMILES string of the molecule is COCc1nc(-c2ccccc2OC)nc(Cl)c1Br. The van der Waals surface area contributed by atoms with E-state index in [0.29, 0.717) is 33.5 Å². The summed E-state index contributed by atoms with van der Waals surface area (Å²) >= 11 is 9.46. The first-order valence-corrected chi connectivity index (χ1v) is 6.68. The standard InChI is InChI=1S/C13H12BrClN2O2/c1-18-7-9-11(14)12(15)17-13(16-9)8-5-3-4-6-10(8)19-2/h3-6H,7H2,1-2H3. The molecule has 0 spiro atoms. The normalized spacial score (nSPS) is 10.5. The lowest BCUT2D eigenvalue weighted by Gasteiger charge is -2.10. The summed E-state index contributed by atoms with van der Waals surface area (Å²) in [6.45, 7) is 0.352. The molecule has 100 valence electrons. The summed E-state index contributed by atoms with van der Waals surface area (Å²) in [5.41, 5.74) is 1.49. The maximum Gasteiger partial charge on any atom is 0.165 e. The molecule has 0 saturated carbocycles. The molecule has 0 unspecified atom stereocenters. The van der Waals surface area contributed by atoms with E-state index < -0.39 is 0 Å². The van der Waals surface area contributed by atoms with Crippen LogP contribution in [0.15, 0.2) is 28.7 Å². The van der Waals surface area contributed by atoms with Crippen molar-refractivity contribution in [2.75, 3.05) is 14.2 Å². The quantitative estimate of drug-likeness (QED) is 0.794. The minimum absolute atomic E-state index is 0.350. The smallest absolute Gasteiger partial charge is 0.165 e.